The lowest BCUT2D eigenvalue weighted by Gasteiger charge is -2.11. The molecule has 1 atom stereocenters. The van der Waals surface area contributed by atoms with Gasteiger partial charge in [-0.1, -0.05) is 56.7 Å². The van der Waals surface area contributed by atoms with Crippen molar-refractivity contribution in [3.8, 4) is 0 Å². The Morgan fingerprint density at radius 3 is 2.27 bits per heavy atom. The first-order chi connectivity index (χ1) is 7.11. The number of hydrogen-bond donors (Lipinski definition) is 0. The highest BCUT2D eigenvalue weighted by Gasteiger charge is 2.03. The Morgan fingerprint density at radius 2 is 1.80 bits per heavy atom. The molecule has 0 aromatic rings. The lowest BCUT2D eigenvalue weighted by atomic mass is 9.94. The van der Waals surface area contributed by atoms with Gasteiger partial charge < -0.3 is 0 Å². The van der Waals surface area contributed by atoms with Gasteiger partial charge in [0.1, 0.15) is 0 Å². The van der Waals surface area contributed by atoms with Crippen LogP contribution >= 0.6 is 0 Å². The second-order valence-electron chi connectivity index (χ2n) is 4.38. The normalized spacial score (nSPS) is 15.7. The smallest absolute Gasteiger partial charge is 0.000845 e. The van der Waals surface area contributed by atoms with Gasteiger partial charge >= 0.3 is 0 Å². The van der Waals surface area contributed by atoms with Crippen LogP contribution in [0.2, 0.25) is 0 Å². The summed E-state index contributed by atoms with van der Waals surface area (Å²) in [4.78, 5) is 0. The number of hydrogen-bond acceptors (Lipinski definition) is 0. The Morgan fingerprint density at radius 1 is 1.13 bits per heavy atom. The van der Waals surface area contributed by atoms with Gasteiger partial charge in [0, 0.05) is 5.92 Å². The van der Waals surface area contributed by atoms with Gasteiger partial charge in [0.2, 0.25) is 0 Å². The van der Waals surface area contributed by atoms with Crippen molar-refractivity contribution in [3.05, 3.63) is 36.0 Å². The molecule has 0 aromatic heterocycles. The maximum Gasteiger partial charge on any atom is 0.000845 e. The summed E-state index contributed by atoms with van der Waals surface area (Å²) in [5.74, 6) is 1.23. The van der Waals surface area contributed by atoms with Crippen molar-refractivity contribution in [2.75, 3.05) is 0 Å². The number of allylic oxidation sites excluding steroid dienone is 6. The van der Waals surface area contributed by atoms with Crippen molar-refractivity contribution in [2.45, 2.75) is 47.5 Å². The molecule has 1 unspecified atom stereocenters. The molecule has 0 saturated heterocycles. The minimum atomic E-state index is 0.584. The second kappa shape index (κ2) is 8.52. The standard InChI is InChI=1S/C15H26/c1-6-8-9-10-15(14(5)7-2)12-11-13(3)4/h7-9,11-13,15H,6,10H2,1-5H3. The molecule has 0 aliphatic carbocycles. The maximum atomic E-state index is 2.35. The van der Waals surface area contributed by atoms with Crippen LogP contribution in [0.25, 0.3) is 0 Å². The van der Waals surface area contributed by atoms with Crippen LogP contribution in [0.5, 0.6) is 0 Å². The Labute approximate surface area is 95.8 Å². The predicted octanol–water partition coefficient (Wildman–Crippen LogP) is 5.14. The molecule has 0 heterocycles. The summed E-state index contributed by atoms with van der Waals surface area (Å²) in [5.41, 5.74) is 1.47. The van der Waals surface area contributed by atoms with E-state index in [1.165, 1.54) is 5.57 Å². The van der Waals surface area contributed by atoms with Gasteiger partial charge in [0.05, 0.1) is 0 Å². The molecule has 15 heavy (non-hydrogen) atoms. The zero-order valence-electron chi connectivity index (χ0n) is 11.0. The summed E-state index contributed by atoms with van der Waals surface area (Å²) >= 11 is 0. The van der Waals surface area contributed by atoms with E-state index < -0.39 is 0 Å². The lowest BCUT2D eigenvalue weighted by molar-refractivity contribution is 0.746. The largest absolute Gasteiger partial charge is 0.0888 e. The van der Waals surface area contributed by atoms with Crippen LogP contribution < -0.4 is 0 Å². The van der Waals surface area contributed by atoms with Crippen molar-refractivity contribution in [1.82, 2.24) is 0 Å². The van der Waals surface area contributed by atoms with Gasteiger partial charge in [0.15, 0.2) is 0 Å². The Hall–Kier alpha value is -0.780. The van der Waals surface area contributed by atoms with Crippen LogP contribution in [0.4, 0.5) is 0 Å². The minimum Gasteiger partial charge on any atom is -0.0888 e. The van der Waals surface area contributed by atoms with Gasteiger partial charge in [-0.3, -0.25) is 0 Å². The Kier molecular flexibility index (Phi) is 8.08. The van der Waals surface area contributed by atoms with Gasteiger partial charge in [-0.2, -0.15) is 0 Å². The van der Waals surface area contributed by atoms with Crippen LogP contribution in [0.15, 0.2) is 36.0 Å². The van der Waals surface area contributed by atoms with E-state index in [0.717, 1.165) is 12.8 Å². The van der Waals surface area contributed by atoms with E-state index in [0.29, 0.717) is 11.8 Å². The predicted molar refractivity (Wildman–Crippen MR) is 70.9 cm³/mol. The third kappa shape index (κ3) is 7.18. The van der Waals surface area contributed by atoms with E-state index in [1.807, 2.05) is 0 Å². The van der Waals surface area contributed by atoms with Crippen molar-refractivity contribution in [3.63, 3.8) is 0 Å². The number of rotatable bonds is 6. The molecule has 0 heteroatoms. The zero-order valence-corrected chi connectivity index (χ0v) is 11.0. The van der Waals surface area contributed by atoms with E-state index in [2.05, 4.69) is 65.0 Å². The van der Waals surface area contributed by atoms with E-state index in [1.54, 1.807) is 0 Å². The minimum absolute atomic E-state index is 0.584. The lowest BCUT2D eigenvalue weighted by Crippen LogP contribution is -1.97. The Bertz CT molecular complexity index is 228. The molecule has 86 valence electrons. The third-order valence-electron chi connectivity index (χ3n) is 2.56. The molecular formula is C15H26. The second-order valence-corrected chi connectivity index (χ2v) is 4.38. The molecule has 0 aromatic carbocycles. The van der Waals surface area contributed by atoms with Crippen LogP contribution in [-0.4, -0.2) is 0 Å². The van der Waals surface area contributed by atoms with Crippen molar-refractivity contribution in [1.29, 1.82) is 0 Å². The molecule has 0 nitrogen and oxygen atoms in total. The molecule has 0 bridgehead atoms. The fourth-order valence-electron chi connectivity index (χ4n) is 1.40. The summed E-state index contributed by atoms with van der Waals surface area (Å²) in [6.45, 7) is 11.0. The molecular weight excluding hydrogens is 180 g/mol. The fourth-order valence-corrected chi connectivity index (χ4v) is 1.40. The molecule has 0 radical (unpaired) electrons. The summed E-state index contributed by atoms with van der Waals surface area (Å²) < 4.78 is 0. The van der Waals surface area contributed by atoms with Crippen molar-refractivity contribution < 1.29 is 0 Å². The third-order valence-corrected chi connectivity index (χ3v) is 2.56. The molecule has 0 spiro atoms. The zero-order chi connectivity index (χ0) is 11.7. The van der Waals surface area contributed by atoms with Crippen LogP contribution in [-0.2, 0) is 0 Å². The highest BCUT2D eigenvalue weighted by atomic mass is 14.1. The molecule has 0 N–H and O–H groups in total. The van der Waals surface area contributed by atoms with E-state index in [4.69, 9.17) is 0 Å². The maximum absolute atomic E-state index is 2.35. The SMILES string of the molecule is CC=C(C)C(C=CC(C)C)CC=CCC. The summed E-state index contributed by atoms with van der Waals surface area (Å²) in [5, 5.41) is 0. The summed E-state index contributed by atoms with van der Waals surface area (Å²) in [6.07, 6.45) is 13.7. The van der Waals surface area contributed by atoms with Crippen LogP contribution in [0.3, 0.4) is 0 Å². The topological polar surface area (TPSA) is 0 Å². The Balaban J connectivity index is 4.38. The average molecular weight is 206 g/mol. The van der Waals surface area contributed by atoms with Gasteiger partial charge in [0.25, 0.3) is 0 Å². The average Bonchev–Trinajstić information content (AvgIpc) is 2.21. The van der Waals surface area contributed by atoms with Crippen molar-refractivity contribution >= 4 is 0 Å². The first-order valence-electron chi connectivity index (χ1n) is 6.07. The monoisotopic (exact) mass is 206 g/mol. The van der Waals surface area contributed by atoms with Gasteiger partial charge in [-0.15, -0.1) is 0 Å². The molecule has 0 aliphatic heterocycles. The van der Waals surface area contributed by atoms with Crippen LogP contribution in [0.1, 0.15) is 47.5 Å². The molecule has 0 saturated carbocycles. The first kappa shape index (κ1) is 14.2. The van der Waals surface area contributed by atoms with E-state index in [9.17, 15) is 0 Å². The summed E-state index contributed by atoms with van der Waals surface area (Å²) in [6, 6.07) is 0. The van der Waals surface area contributed by atoms with E-state index in [-0.39, 0.29) is 0 Å². The molecule has 0 fully saturated rings. The molecule has 0 rings (SSSR count). The van der Waals surface area contributed by atoms with Gasteiger partial charge in [-0.25, -0.2) is 0 Å². The molecule has 0 aliphatic rings. The first-order valence-corrected chi connectivity index (χ1v) is 6.07. The van der Waals surface area contributed by atoms with Crippen molar-refractivity contribution in [2.24, 2.45) is 11.8 Å². The van der Waals surface area contributed by atoms with Gasteiger partial charge in [-0.05, 0) is 32.6 Å². The molecule has 0 amide bonds. The van der Waals surface area contributed by atoms with Crippen LogP contribution in [0, 0.1) is 11.8 Å². The highest BCUT2D eigenvalue weighted by Crippen LogP contribution is 2.18. The summed E-state index contributed by atoms with van der Waals surface area (Å²) in [7, 11) is 0. The highest BCUT2D eigenvalue weighted by molar-refractivity contribution is 5.12. The fraction of sp³-hybridized carbons (Fsp3) is 0.600. The van der Waals surface area contributed by atoms with E-state index >= 15 is 0 Å². The quantitative estimate of drug-likeness (QED) is 0.528.